The van der Waals surface area contributed by atoms with Gasteiger partial charge in [0, 0.05) is 24.9 Å². The fraction of sp³-hybridized carbons (Fsp3) is 0.462. The SMILES string of the molecule is C[C@H](NC(=O)[C@@H]1CCCN1C(=O)[C@H](Cc1cnc[nH]1)NC(=O)[C@@H](N)Cc1ccccc1)C(=O)N[C@@H](CO)C(=O)O. The number of aromatic nitrogens is 2. The zero-order chi connectivity index (χ0) is 29.2. The van der Waals surface area contributed by atoms with Crippen LogP contribution in [0.4, 0.5) is 0 Å². The lowest BCUT2D eigenvalue weighted by Gasteiger charge is -2.30. The molecule has 1 aromatic carbocycles. The maximum Gasteiger partial charge on any atom is 0.328 e. The zero-order valence-corrected chi connectivity index (χ0v) is 22.1. The number of aliphatic hydroxyl groups is 1. The summed E-state index contributed by atoms with van der Waals surface area (Å²) in [5, 5.41) is 25.5. The quantitative estimate of drug-likeness (QED) is 0.145. The molecule has 14 heteroatoms. The molecule has 0 spiro atoms. The first-order valence-electron chi connectivity index (χ1n) is 12.9. The Bertz CT molecular complexity index is 1180. The lowest BCUT2D eigenvalue weighted by Crippen LogP contribution is -2.58. The van der Waals surface area contributed by atoms with Gasteiger partial charge >= 0.3 is 5.97 Å². The molecule has 5 atom stereocenters. The maximum absolute atomic E-state index is 13.7. The van der Waals surface area contributed by atoms with Crippen molar-refractivity contribution >= 4 is 29.6 Å². The molecule has 1 aromatic heterocycles. The van der Waals surface area contributed by atoms with Gasteiger partial charge in [0.2, 0.25) is 23.6 Å². The Hall–Kier alpha value is -4.30. The third kappa shape index (κ3) is 8.10. The molecule has 0 bridgehead atoms. The second-order valence-electron chi connectivity index (χ2n) is 9.64. The van der Waals surface area contributed by atoms with Crippen LogP contribution in [-0.2, 0) is 36.8 Å². The maximum atomic E-state index is 13.7. The second-order valence-corrected chi connectivity index (χ2v) is 9.64. The predicted molar refractivity (Wildman–Crippen MR) is 141 cm³/mol. The van der Waals surface area contributed by atoms with Gasteiger partial charge in [-0.15, -0.1) is 0 Å². The Kier molecular flexibility index (Phi) is 10.7. The van der Waals surface area contributed by atoms with Gasteiger partial charge in [-0.1, -0.05) is 30.3 Å². The van der Waals surface area contributed by atoms with Crippen molar-refractivity contribution in [2.45, 2.75) is 62.8 Å². The van der Waals surface area contributed by atoms with E-state index in [9.17, 15) is 24.0 Å². The van der Waals surface area contributed by atoms with Gasteiger partial charge in [-0.25, -0.2) is 9.78 Å². The number of nitrogens with two attached hydrogens (primary N) is 1. The highest BCUT2D eigenvalue weighted by molar-refractivity contribution is 5.95. The summed E-state index contributed by atoms with van der Waals surface area (Å²) in [6.07, 6.45) is 4.19. The standard InChI is InChI=1S/C26H35N7O7/c1-15(22(35)32-20(13-34)26(39)40)30-24(37)21-8-5-9-33(21)25(38)19(11-17-12-28-14-29-17)31-23(36)18(27)10-16-6-3-2-4-7-16/h2-4,6-7,12,14-15,18-21,34H,5,8-11,13,27H2,1H3,(H,28,29)(H,30,37)(H,31,36)(H,32,35)(H,39,40)/t15-,18-,19-,20-,21-/m0/s1. The summed E-state index contributed by atoms with van der Waals surface area (Å²) in [5.41, 5.74) is 7.60. The fourth-order valence-electron chi connectivity index (χ4n) is 4.42. The average molecular weight is 558 g/mol. The van der Waals surface area contributed by atoms with E-state index >= 15 is 0 Å². The van der Waals surface area contributed by atoms with Crippen LogP contribution in [0.5, 0.6) is 0 Å². The van der Waals surface area contributed by atoms with Gasteiger partial charge in [0.25, 0.3) is 0 Å². The Morgan fingerprint density at radius 3 is 2.40 bits per heavy atom. The summed E-state index contributed by atoms with van der Waals surface area (Å²) in [7, 11) is 0. The highest BCUT2D eigenvalue weighted by atomic mass is 16.4. The van der Waals surface area contributed by atoms with Gasteiger partial charge in [-0.2, -0.15) is 0 Å². The summed E-state index contributed by atoms with van der Waals surface area (Å²) in [4.78, 5) is 71.4. The number of benzene rings is 1. The number of nitrogens with one attached hydrogen (secondary N) is 4. The van der Waals surface area contributed by atoms with E-state index in [-0.39, 0.29) is 19.4 Å². The van der Waals surface area contributed by atoms with E-state index < -0.39 is 66.4 Å². The molecule has 4 amide bonds. The number of aliphatic carboxylic acids is 1. The van der Waals surface area contributed by atoms with Gasteiger partial charge in [0.1, 0.15) is 24.2 Å². The number of aliphatic hydroxyl groups excluding tert-OH is 1. The smallest absolute Gasteiger partial charge is 0.328 e. The van der Waals surface area contributed by atoms with Crippen LogP contribution in [0.15, 0.2) is 42.9 Å². The van der Waals surface area contributed by atoms with E-state index in [1.165, 1.54) is 24.3 Å². The second kappa shape index (κ2) is 14.2. The fourth-order valence-corrected chi connectivity index (χ4v) is 4.42. The molecule has 216 valence electrons. The Labute approximate surface area is 230 Å². The van der Waals surface area contributed by atoms with Crippen LogP contribution < -0.4 is 21.7 Å². The minimum Gasteiger partial charge on any atom is -0.480 e. The average Bonchev–Trinajstić information content (AvgIpc) is 3.63. The number of hydrogen-bond donors (Lipinski definition) is 7. The van der Waals surface area contributed by atoms with E-state index in [1.807, 2.05) is 30.3 Å². The van der Waals surface area contributed by atoms with Crippen molar-refractivity contribution in [3.63, 3.8) is 0 Å². The highest BCUT2D eigenvalue weighted by Gasteiger charge is 2.39. The van der Waals surface area contributed by atoms with E-state index in [0.29, 0.717) is 18.5 Å². The van der Waals surface area contributed by atoms with Crippen LogP contribution >= 0.6 is 0 Å². The van der Waals surface area contributed by atoms with Gasteiger partial charge in [-0.05, 0) is 31.7 Å². The molecule has 1 fully saturated rings. The van der Waals surface area contributed by atoms with Crippen LogP contribution in [0.1, 0.15) is 31.0 Å². The molecule has 40 heavy (non-hydrogen) atoms. The van der Waals surface area contributed by atoms with E-state index in [0.717, 1.165) is 5.56 Å². The molecule has 0 unspecified atom stereocenters. The van der Waals surface area contributed by atoms with E-state index in [2.05, 4.69) is 25.9 Å². The summed E-state index contributed by atoms with van der Waals surface area (Å²) >= 11 is 0. The first-order chi connectivity index (χ1) is 19.1. The molecule has 1 saturated heterocycles. The first-order valence-corrected chi connectivity index (χ1v) is 12.9. The van der Waals surface area contributed by atoms with Crippen LogP contribution in [0.3, 0.4) is 0 Å². The van der Waals surface area contributed by atoms with Crippen LogP contribution in [-0.4, -0.2) is 98.0 Å². The molecule has 8 N–H and O–H groups in total. The Morgan fingerprint density at radius 1 is 1.07 bits per heavy atom. The van der Waals surface area contributed by atoms with Crippen molar-refractivity contribution in [2.75, 3.05) is 13.2 Å². The number of imidazole rings is 1. The number of rotatable bonds is 13. The first kappa shape index (κ1) is 30.2. The topological polar surface area (TPSA) is 220 Å². The van der Waals surface area contributed by atoms with E-state index in [1.54, 1.807) is 0 Å². The molecule has 14 nitrogen and oxygen atoms in total. The number of carboxylic acids is 1. The number of aromatic amines is 1. The molecular formula is C26H35N7O7. The summed E-state index contributed by atoms with van der Waals surface area (Å²) in [5.74, 6) is -3.84. The molecule has 1 aliphatic heterocycles. The molecular weight excluding hydrogens is 522 g/mol. The van der Waals surface area contributed by atoms with Gasteiger partial charge < -0.3 is 41.8 Å². The normalized spacial score (nSPS) is 17.8. The lowest BCUT2D eigenvalue weighted by molar-refractivity contribution is -0.144. The Balaban J connectivity index is 1.68. The predicted octanol–water partition coefficient (Wildman–Crippen LogP) is -1.94. The number of hydrogen-bond acceptors (Lipinski definition) is 8. The third-order valence-electron chi connectivity index (χ3n) is 6.62. The molecule has 0 aliphatic carbocycles. The van der Waals surface area contributed by atoms with Crippen molar-refractivity contribution in [1.29, 1.82) is 0 Å². The largest absolute Gasteiger partial charge is 0.480 e. The molecule has 3 rings (SSSR count). The van der Waals surface area contributed by atoms with Gasteiger partial charge in [0.05, 0.1) is 19.0 Å². The molecule has 0 saturated carbocycles. The van der Waals surface area contributed by atoms with Gasteiger partial charge in [0.15, 0.2) is 0 Å². The number of carboxylic acid groups (broad SMARTS) is 1. The van der Waals surface area contributed by atoms with E-state index in [4.69, 9.17) is 15.9 Å². The summed E-state index contributed by atoms with van der Waals surface area (Å²) in [6.45, 7) is 0.805. The molecule has 2 heterocycles. The van der Waals surface area contributed by atoms with Crippen LogP contribution in [0.25, 0.3) is 0 Å². The lowest BCUT2D eigenvalue weighted by atomic mass is 10.0. The monoisotopic (exact) mass is 557 g/mol. The number of carbonyl (C=O) groups is 5. The number of H-pyrrole nitrogens is 1. The number of nitrogens with zero attached hydrogens (tertiary/aromatic N) is 2. The molecule has 2 aromatic rings. The van der Waals surface area contributed by atoms with Crippen molar-refractivity contribution in [2.24, 2.45) is 5.73 Å². The minimum absolute atomic E-state index is 0.0873. The molecule has 0 radical (unpaired) electrons. The van der Waals surface area contributed by atoms with Gasteiger partial charge in [-0.3, -0.25) is 19.2 Å². The van der Waals surface area contributed by atoms with Crippen molar-refractivity contribution in [3.8, 4) is 0 Å². The Morgan fingerprint density at radius 2 is 1.77 bits per heavy atom. The van der Waals surface area contributed by atoms with Crippen LogP contribution in [0.2, 0.25) is 0 Å². The summed E-state index contributed by atoms with van der Waals surface area (Å²) < 4.78 is 0. The molecule has 1 aliphatic rings. The minimum atomic E-state index is -1.52. The number of carbonyl (C=O) groups excluding carboxylic acids is 4. The zero-order valence-electron chi connectivity index (χ0n) is 22.1. The van der Waals surface area contributed by atoms with Crippen molar-refractivity contribution in [1.82, 2.24) is 30.8 Å². The van der Waals surface area contributed by atoms with Crippen LogP contribution in [0, 0.1) is 0 Å². The van der Waals surface area contributed by atoms with Crippen molar-refractivity contribution < 1.29 is 34.2 Å². The van der Waals surface area contributed by atoms with Crippen molar-refractivity contribution in [3.05, 3.63) is 54.1 Å². The summed E-state index contributed by atoms with van der Waals surface area (Å²) in [6, 6.07) is 3.72. The third-order valence-corrected chi connectivity index (χ3v) is 6.62. The highest BCUT2D eigenvalue weighted by Crippen LogP contribution is 2.20. The number of amides is 4. The number of likely N-dealkylation sites (tertiary alicyclic amines) is 1.